The molecule has 0 unspecified atom stereocenters. The summed E-state index contributed by atoms with van der Waals surface area (Å²) >= 11 is 20.2. The van der Waals surface area contributed by atoms with E-state index in [-0.39, 0.29) is 67.3 Å². The molecule has 77 heavy (non-hydrogen) atoms. The minimum Gasteiger partial charge on any atom is -0.481 e. The van der Waals surface area contributed by atoms with Gasteiger partial charge in [-0.05, 0) is 149 Å². The van der Waals surface area contributed by atoms with E-state index in [0.29, 0.717) is 80.8 Å². The number of aryl methyl sites for hydroxylation is 2. The van der Waals surface area contributed by atoms with Crippen molar-refractivity contribution in [2.75, 3.05) is 36.4 Å². The van der Waals surface area contributed by atoms with E-state index in [1.165, 1.54) is 55.2 Å². The molecule has 0 saturated heterocycles. The van der Waals surface area contributed by atoms with E-state index in [2.05, 4.69) is 45.9 Å². The average Bonchev–Trinajstić information content (AvgIpc) is 3.44. The van der Waals surface area contributed by atoms with Crippen LogP contribution in [0.25, 0.3) is 22.1 Å². The van der Waals surface area contributed by atoms with Crippen molar-refractivity contribution >= 4 is 115 Å². The molecule has 4 bridgehead atoms. The first-order valence-corrected chi connectivity index (χ1v) is 28.5. The van der Waals surface area contributed by atoms with E-state index in [1.54, 1.807) is 44.6 Å². The fourth-order valence-electron chi connectivity index (χ4n) is 11.7. The first-order chi connectivity index (χ1) is 36.9. The largest absolute Gasteiger partial charge is 0.481 e. The lowest BCUT2D eigenvalue weighted by atomic mass is 9.55. The number of nitrogens with one attached hydrogen (secondary N) is 3. The topological polar surface area (TPSA) is 226 Å². The normalized spacial score (nSPS) is 23.8. The highest BCUT2D eigenvalue weighted by Gasteiger charge is 2.50. The smallest absolute Gasteiger partial charge is 0.272 e. The number of methoxy groups -OCH3 is 2. The van der Waals surface area contributed by atoms with Crippen LogP contribution < -0.4 is 31.2 Å². The van der Waals surface area contributed by atoms with Gasteiger partial charge in [0.2, 0.25) is 23.6 Å². The van der Waals surface area contributed by atoms with Gasteiger partial charge in [0.15, 0.2) is 0 Å². The van der Waals surface area contributed by atoms with Crippen LogP contribution in [0.2, 0.25) is 10.0 Å². The molecule has 8 aliphatic rings. The van der Waals surface area contributed by atoms with E-state index in [9.17, 15) is 28.0 Å². The molecule has 3 amide bonds. The number of hydrogen-bond donors (Lipinski definition) is 4. The Hall–Kier alpha value is -5.51. The van der Waals surface area contributed by atoms with Crippen molar-refractivity contribution in [1.29, 1.82) is 0 Å². The van der Waals surface area contributed by atoms with E-state index < -0.39 is 5.24 Å². The minimum atomic E-state index is -0.743. The summed E-state index contributed by atoms with van der Waals surface area (Å²) in [6, 6.07) is 10.4. The quantitative estimate of drug-likeness (QED) is 0.0885. The standard InChI is InChI=1S/C27H27ClFN5O3S.C19H24FN3O.C8H4Cl2N2O2S/c1-37-21-3-2-18-22(32-21)15(17(29)13-30-18)4-5-26-6-9-27(10-7-26,11-8-26)34-25(36)23-16(28)12-19-24(33-23)31-20(35)14-38-19;1-24-16-3-2-15-17(23-16)13(14(20)12-22-15)4-5-18-6-9-19(21,10-7-18)11-8-18;9-3-1-4-8(11-5(13)2-15-4)12-6(3)7(10)14/h2-3,12-13H,4-11,14H2,1H3,(H,34,36)(H,31,33,35);2-3,12H,4-11,21H2,1H3;1H,2H2,(H,11,12,13). The number of rotatable bonds is 11. The van der Waals surface area contributed by atoms with Crippen LogP contribution >= 0.6 is 58.3 Å². The molecule has 16 nitrogen and oxygen atoms in total. The number of nitrogens with two attached hydrogens (primary N) is 1. The Labute approximate surface area is 466 Å². The second-order valence-electron chi connectivity index (χ2n) is 21.0. The zero-order valence-electron chi connectivity index (χ0n) is 42.3. The van der Waals surface area contributed by atoms with Crippen molar-refractivity contribution in [3.63, 3.8) is 0 Å². The summed E-state index contributed by atoms with van der Waals surface area (Å²) in [6.45, 7) is 0. The molecule has 2 aliphatic heterocycles. The van der Waals surface area contributed by atoms with Gasteiger partial charge in [-0.25, -0.2) is 28.7 Å². The monoisotopic (exact) mass is 1150 g/mol. The molecule has 23 heteroatoms. The molecule has 6 aromatic rings. The third-order valence-electron chi connectivity index (χ3n) is 16.5. The number of pyridine rings is 6. The molecule has 0 atom stereocenters. The molecule has 8 heterocycles. The highest BCUT2D eigenvalue weighted by Crippen LogP contribution is 2.56. The molecule has 6 saturated carbocycles. The Balaban J connectivity index is 0.000000146. The highest BCUT2D eigenvalue weighted by atomic mass is 35.5. The molecular formula is C54H55Cl3F2N10O6S2. The fraction of sp³-hybridized carbons (Fsp3) is 0.444. The second kappa shape index (κ2) is 22.3. The Bertz CT molecular complexity index is 3310. The molecule has 6 aromatic heterocycles. The summed E-state index contributed by atoms with van der Waals surface area (Å²) in [5, 5.41) is 8.22. The average molecular weight is 1150 g/mol. The highest BCUT2D eigenvalue weighted by molar-refractivity contribution is 8.00. The third kappa shape index (κ3) is 11.8. The summed E-state index contributed by atoms with van der Waals surface area (Å²) in [6.07, 6.45) is 17.9. The molecule has 0 spiro atoms. The number of hydrogen-bond acceptors (Lipinski definition) is 15. The first-order valence-electron chi connectivity index (χ1n) is 25.4. The van der Waals surface area contributed by atoms with E-state index in [1.807, 2.05) is 6.07 Å². The van der Waals surface area contributed by atoms with Gasteiger partial charge in [0.25, 0.3) is 11.1 Å². The van der Waals surface area contributed by atoms with Crippen LogP contribution in [0.3, 0.4) is 0 Å². The molecule has 0 radical (unpaired) electrons. The first kappa shape index (κ1) is 54.8. The molecule has 404 valence electrons. The van der Waals surface area contributed by atoms with Crippen molar-refractivity contribution < 1.29 is 37.4 Å². The Morgan fingerprint density at radius 1 is 0.662 bits per heavy atom. The lowest BCUT2D eigenvalue weighted by Gasteiger charge is -2.54. The number of fused-ring (bicyclic) bond motifs is 10. The van der Waals surface area contributed by atoms with Gasteiger partial charge in [0.05, 0.1) is 80.0 Å². The van der Waals surface area contributed by atoms with Gasteiger partial charge in [0.1, 0.15) is 34.7 Å². The summed E-state index contributed by atoms with van der Waals surface area (Å²) < 4.78 is 39.7. The summed E-state index contributed by atoms with van der Waals surface area (Å²) in [4.78, 5) is 74.0. The van der Waals surface area contributed by atoms with E-state index in [0.717, 1.165) is 85.9 Å². The van der Waals surface area contributed by atoms with Crippen molar-refractivity contribution in [3.8, 4) is 11.8 Å². The van der Waals surface area contributed by atoms with Crippen LogP contribution in [0.5, 0.6) is 11.8 Å². The van der Waals surface area contributed by atoms with Crippen molar-refractivity contribution in [1.82, 2.24) is 35.2 Å². The molecule has 6 fully saturated rings. The maximum absolute atomic E-state index is 14.8. The number of nitrogens with zero attached hydrogens (tertiary/aromatic N) is 6. The summed E-state index contributed by atoms with van der Waals surface area (Å²) in [5.41, 5.74) is 10.5. The lowest BCUT2D eigenvalue weighted by Crippen LogP contribution is -2.56. The number of amides is 3. The van der Waals surface area contributed by atoms with Gasteiger partial charge < -0.3 is 31.2 Å². The second-order valence-corrected chi connectivity index (χ2v) is 24.2. The Morgan fingerprint density at radius 3 is 1.53 bits per heavy atom. The number of ether oxygens (including phenoxy) is 2. The SMILES string of the molecule is COc1ccc2ncc(F)c(CCC34CCC(N)(CC3)CC4)c2n1.COc1ccc2ncc(F)c(CCC34CCC(NC(=O)c5nc6c(cc5Cl)SCC(=O)N6)(CC3)CC4)c2n1.O=C1CSc2cc(Cl)c(C(=O)Cl)nc2N1. The Morgan fingerprint density at radius 2 is 1.09 bits per heavy atom. The van der Waals surface area contributed by atoms with Gasteiger partial charge in [0, 0.05) is 34.3 Å². The van der Waals surface area contributed by atoms with Gasteiger partial charge in [-0.1, -0.05) is 23.2 Å². The number of aromatic nitrogens is 6. The van der Waals surface area contributed by atoms with Crippen LogP contribution in [0, 0.1) is 22.5 Å². The zero-order valence-corrected chi connectivity index (χ0v) is 46.2. The van der Waals surface area contributed by atoms with Crippen LogP contribution in [0.4, 0.5) is 20.4 Å². The maximum Gasteiger partial charge on any atom is 0.272 e. The minimum absolute atomic E-state index is 0.0418. The summed E-state index contributed by atoms with van der Waals surface area (Å²) in [7, 11) is 3.11. The van der Waals surface area contributed by atoms with Gasteiger partial charge >= 0.3 is 0 Å². The fourth-order valence-corrected chi connectivity index (χ4v) is 14.1. The Kier molecular flexibility index (Phi) is 15.9. The van der Waals surface area contributed by atoms with Crippen LogP contribution in [0.15, 0.2) is 58.6 Å². The summed E-state index contributed by atoms with van der Waals surface area (Å²) in [5.74, 6) is 1.05. The molecule has 0 aromatic carbocycles. The molecule has 14 rings (SSSR count). The van der Waals surface area contributed by atoms with Gasteiger partial charge in [-0.3, -0.25) is 29.1 Å². The van der Waals surface area contributed by atoms with Gasteiger partial charge in [-0.2, -0.15) is 0 Å². The predicted molar refractivity (Wildman–Crippen MR) is 294 cm³/mol. The van der Waals surface area contributed by atoms with Crippen molar-refractivity contribution in [3.05, 3.63) is 93.0 Å². The number of thioether (sulfide) groups is 2. The van der Waals surface area contributed by atoms with Crippen LogP contribution in [0.1, 0.15) is 122 Å². The molecular weight excluding hydrogens is 1090 g/mol. The third-order valence-corrected chi connectivity index (χ3v) is 19.3. The van der Waals surface area contributed by atoms with Crippen LogP contribution in [-0.2, 0) is 22.4 Å². The number of carbonyl (C=O) groups is 4. The van der Waals surface area contributed by atoms with Crippen LogP contribution in [-0.4, -0.2) is 89.7 Å². The number of carbonyl (C=O) groups excluding carboxylic acids is 4. The maximum atomic E-state index is 14.8. The van der Waals surface area contributed by atoms with Gasteiger partial charge in [-0.15, -0.1) is 23.5 Å². The number of halogens is 5. The zero-order chi connectivity index (χ0) is 54.3. The molecule has 6 aliphatic carbocycles. The molecule has 5 N–H and O–H groups in total. The van der Waals surface area contributed by atoms with Crippen molar-refractivity contribution in [2.24, 2.45) is 16.6 Å². The predicted octanol–water partition coefficient (Wildman–Crippen LogP) is 11.2. The lowest BCUT2D eigenvalue weighted by molar-refractivity contribution is -0.114. The van der Waals surface area contributed by atoms with E-state index in [4.69, 9.17) is 50.0 Å². The number of anilines is 2. The van der Waals surface area contributed by atoms with Crippen molar-refractivity contribution in [2.45, 2.75) is 124 Å². The van der Waals surface area contributed by atoms with E-state index >= 15 is 0 Å².